The Hall–Kier alpha value is -0.640. The van der Waals surface area contributed by atoms with E-state index >= 15 is 0 Å². The monoisotopic (exact) mass is 229 g/mol. The minimum Gasteiger partial charge on any atom is -0.231 e. The highest BCUT2D eigenvalue weighted by atomic mass is 35.5. The Kier molecular flexibility index (Phi) is 2.24. The Labute approximate surface area is 90.3 Å². The second kappa shape index (κ2) is 3.25. The fraction of sp³-hybridized carbons (Fsp3) is 0. The SMILES string of the molecule is [S]c1ccc2nc(Cl)c(Cl)nc2c1. The van der Waals surface area contributed by atoms with Crippen molar-refractivity contribution < 1.29 is 0 Å². The van der Waals surface area contributed by atoms with Gasteiger partial charge in [-0.15, -0.1) is 0 Å². The smallest absolute Gasteiger partial charge is 0.167 e. The zero-order valence-electron chi connectivity index (χ0n) is 6.29. The molecule has 1 heterocycles. The van der Waals surface area contributed by atoms with Crippen molar-refractivity contribution in [2.75, 3.05) is 0 Å². The number of hydrogen-bond donors (Lipinski definition) is 0. The van der Waals surface area contributed by atoms with Crippen molar-refractivity contribution in [3.05, 3.63) is 28.5 Å². The summed E-state index contributed by atoms with van der Waals surface area (Å²) in [5.74, 6) is 0. The van der Waals surface area contributed by atoms with Crippen molar-refractivity contribution in [3.8, 4) is 0 Å². The van der Waals surface area contributed by atoms with Gasteiger partial charge in [0.25, 0.3) is 0 Å². The quantitative estimate of drug-likeness (QED) is 0.692. The average molecular weight is 230 g/mol. The van der Waals surface area contributed by atoms with Crippen molar-refractivity contribution >= 4 is 46.9 Å². The molecule has 65 valence electrons. The molecule has 0 spiro atoms. The van der Waals surface area contributed by atoms with Gasteiger partial charge in [0.2, 0.25) is 0 Å². The third kappa shape index (κ3) is 1.68. The van der Waals surface area contributed by atoms with Gasteiger partial charge in [-0.05, 0) is 18.2 Å². The Morgan fingerprint density at radius 3 is 2.31 bits per heavy atom. The number of fused-ring (bicyclic) bond motifs is 1. The molecule has 1 radical (unpaired) electrons. The van der Waals surface area contributed by atoms with Crippen molar-refractivity contribution in [2.45, 2.75) is 4.90 Å². The standard InChI is InChI=1S/C8H3Cl2N2S/c9-7-8(10)12-6-3-4(13)1-2-5(6)11-7/h1-3H. The van der Waals surface area contributed by atoms with E-state index in [4.69, 9.17) is 35.8 Å². The highest BCUT2D eigenvalue weighted by Gasteiger charge is 2.03. The molecular formula is C8H3Cl2N2S. The fourth-order valence-electron chi connectivity index (χ4n) is 0.991. The minimum absolute atomic E-state index is 0.203. The highest BCUT2D eigenvalue weighted by Crippen LogP contribution is 2.22. The number of aromatic nitrogens is 2. The number of benzene rings is 1. The first kappa shape index (κ1) is 8.94. The zero-order chi connectivity index (χ0) is 9.42. The van der Waals surface area contributed by atoms with Gasteiger partial charge in [-0.1, -0.05) is 35.8 Å². The lowest BCUT2D eigenvalue weighted by Crippen LogP contribution is -1.86. The maximum absolute atomic E-state index is 5.70. The average Bonchev–Trinajstić information content (AvgIpc) is 2.08. The van der Waals surface area contributed by atoms with Crippen molar-refractivity contribution in [1.82, 2.24) is 9.97 Å². The third-order valence-corrected chi connectivity index (χ3v) is 2.43. The lowest BCUT2D eigenvalue weighted by Gasteiger charge is -1.98. The van der Waals surface area contributed by atoms with E-state index in [-0.39, 0.29) is 10.3 Å². The van der Waals surface area contributed by atoms with Gasteiger partial charge in [-0.2, -0.15) is 0 Å². The van der Waals surface area contributed by atoms with Crippen LogP contribution in [0.15, 0.2) is 23.1 Å². The minimum atomic E-state index is 0.203. The van der Waals surface area contributed by atoms with Crippen LogP contribution in [0.2, 0.25) is 10.3 Å². The van der Waals surface area contributed by atoms with Gasteiger partial charge in [0.05, 0.1) is 11.0 Å². The van der Waals surface area contributed by atoms with Gasteiger partial charge in [0.15, 0.2) is 10.3 Å². The molecule has 2 nitrogen and oxygen atoms in total. The Bertz CT molecular complexity index is 473. The Balaban J connectivity index is 2.81. The molecule has 0 bridgehead atoms. The Morgan fingerprint density at radius 2 is 1.62 bits per heavy atom. The lowest BCUT2D eigenvalue weighted by molar-refractivity contribution is 1.28. The molecule has 0 aliphatic carbocycles. The first-order chi connectivity index (χ1) is 6.16. The normalized spacial score (nSPS) is 10.6. The molecule has 1 aromatic heterocycles. The molecule has 0 unspecified atom stereocenters. The molecule has 0 aliphatic rings. The number of hydrogen-bond acceptors (Lipinski definition) is 2. The molecule has 0 aliphatic heterocycles. The summed E-state index contributed by atoms with van der Waals surface area (Å²) in [6.45, 7) is 0. The van der Waals surface area contributed by atoms with Crippen molar-refractivity contribution in [2.24, 2.45) is 0 Å². The van der Waals surface area contributed by atoms with E-state index in [9.17, 15) is 0 Å². The molecular weight excluding hydrogens is 227 g/mol. The van der Waals surface area contributed by atoms with Gasteiger partial charge in [0.1, 0.15) is 0 Å². The van der Waals surface area contributed by atoms with Crippen LogP contribution in [0.4, 0.5) is 0 Å². The van der Waals surface area contributed by atoms with Gasteiger partial charge in [-0.25, -0.2) is 9.97 Å². The van der Waals surface area contributed by atoms with Crippen LogP contribution in [0, 0.1) is 0 Å². The largest absolute Gasteiger partial charge is 0.231 e. The van der Waals surface area contributed by atoms with E-state index in [2.05, 4.69) is 9.97 Å². The molecule has 0 atom stereocenters. The summed E-state index contributed by atoms with van der Waals surface area (Å²) in [7, 11) is 0. The molecule has 5 heteroatoms. The predicted octanol–water partition coefficient (Wildman–Crippen LogP) is 3.49. The van der Waals surface area contributed by atoms with E-state index in [0.717, 1.165) is 0 Å². The molecule has 0 fully saturated rings. The first-order valence-electron chi connectivity index (χ1n) is 3.46. The van der Waals surface area contributed by atoms with Crippen LogP contribution in [0.5, 0.6) is 0 Å². The highest BCUT2D eigenvalue weighted by molar-refractivity contribution is 7.80. The molecule has 0 N–H and O–H groups in total. The molecule has 0 saturated heterocycles. The zero-order valence-corrected chi connectivity index (χ0v) is 8.62. The lowest BCUT2D eigenvalue weighted by atomic mass is 10.3. The second-order valence-electron chi connectivity index (χ2n) is 2.46. The maximum atomic E-state index is 5.70. The fourth-order valence-corrected chi connectivity index (χ4v) is 1.44. The molecule has 0 amide bonds. The van der Waals surface area contributed by atoms with Crippen LogP contribution in [-0.4, -0.2) is 9.97 Å². The van der Waals surface area contributed by atoms with Crippen LogP contribution >= 0.6 is 35.8 Å². The number of halogens is 2. The summed E-state index contributed by atoms with van der Waals surface area (Å²) in [6, 6.07) is 5.28. The van der Waals surface area contributed by atoms with Crippen molar-refractivity contribution in [3.63, 3.8) is 0 Å². The van der Waals surface area contributed by atoms with E-state index in [0.29, 0.717) is 15.9 Å². The summed E-state index contributed by atoms with van der Waals surface area (Å²) in [5.41, 5.74) is 1.37. The van der Waals surface area contributed by atoms with Gasteiger partial charge >= 0.3 is 0 Å². The molecule has 0 saturated carbocycles. The molecule has 13 heavy (non-hydrogen) atoms. The van der Waals surface area contributed by atoms with E-state index in [1.807, 2.05) is 0 Å². The first-order valence-corrected chi connectivity index (χ1v) is 4.63. The van der Waals surface area contributed by atoms with E-state index in [1.165, 1.54) is 0 Å². The topological polar surface area (TPSA) is 25.8 Å². The van der Waals surface area contributed by atoms with Crippen LogP contribution in [0.1, 0.15) is 0 Å². The summed E-state index contributed by atoms with van der Waals surface area (Å²) in [6.07, 6.45) is 0. The molecule has 1 aromatic carbocycles. The van der Waals surface area contributed by atoms with E-state index < -0.39 is 0 Å². The molecule has 2 rings (SSSR count). The van der Waals surface area contributed by atoms with E-state index in [1.54, 1.807) is 18.2 Å². The van der Waals surface area contributed by atoms with Crippen LogP contribution < -0.4 is 0 Å². The van der Waals surface area contributed by atoms with Gasteiger partial charge in [-0.3, -0.25) is 0 Å². The van der Waals surface area contributed by atoms with Crippen LogP contribution in [0.25, 0.3) is 11.0 Å². The summed E-state index contributed by atoms with van der Waals surface area (Å²) in [5, 5.41) is 0.418. The second-order valence-corrected chi connectivity index (χ2v) is 3.64. The predicted molar refractivity (Wildman–Crippen MR) is 55.4 cm³/mol. The van der Waals surface area contributed by atoms with Crippen LogP contribution in [-0.2, 0) is 0 Å². The summed E-state index contributed by atoms with van der Waals surface area (Å²) in [4.78, 5) is 8.79. The number of rotatable bonds is 0. The Morgan fingerprint density at radius 1 is 1.00 bits per heavy atom. The van der Waals surface area contributed by atoms with Crippen LogP contribution in [0.3, 0.4) is 0 Å². The molecule has 2 aromatic rings. The summed E-state index contributed by atoms with van der Waals surface area (Å²) < 4.78 is 0. The summed E-state index contributed by atoms with van der Waals surface area (Å²) >= 11 is 16.4. The van der Waals surface area contributed by atoms with Crippen molar-refractivity contribution in [1.29, 1.82) is 0 Å². The third-order valence-electron chi connectivity index (χ3n) is 1.55. The number of nitrogens with zero attached hydrogens (tertiary/aromatic N) is 2. The maximum Gasteiger partial charge on any atom is 0.167 e. The van der Waals surface area contributed by atoms with Gasteiger partial charge in [0, 0.05) is 4.90 Å². The van der Waals surface area contributed by atoms with Gasteiger partial charge < -0.3 is 0 Å².